The molecular weight excluding hydrogens is 284 g/mol. The van der Waals surface area contributed by atoms with Crippen LogP contribution in [0.15, 0.2) is 42.5 Å². The zero-order valence-electron chi connectivity index (χ0n) is 10.7. The molecule has 0 saturated carbocycles. The van der Waals surface area contributed by atoms with Crippen molar-refractivity contribution in [2.45, 2.75) is 6.54 Å². The van der Waals surface area contributed by atoms with Crippen LogP contribution in [0, 0.1) is 11.6 Å². The highest BCUT2D eigenvalue weighted by molar-refractivity contribution is 6.31. The zero-order valence-corrected chi connectivity index (χ0v) is 11.5. The van der Waals surface area contributed by atoms with Crippen LogP contribution in [-0.2, 0) is 6.54 Å². The summed E-state index contributed by atoms with van der Waals surface area (Å²) in [5, 5.41) is 0.267. The Hall–Kier alpha value is -1.94. The molecule has 0 aliphatic carbocycles. The number of hydrogen-bond acceptors (Lipinski definition) is 1. The lowest BCUT2D eigenvalue weighted by Gasteiger charge is -2.18. The lowest BCUT2D eigenvalue weighted by Crippen LogP contribution is -2.26. The van der Waals surface area contributed by atoms with Gasteiger partial charge < -0.3 is 4.90 Å². The first-order valence-electron chi connectivity index (χ1n) is 5.93. The van der Waals surface area contributed by atoms with Crippen molar-refractivity contribution >= 4 is 17.5 Å². The van der Waals surface area contributed by atoms with Gasteiger partial charge in [0.25, 0.3) is 5.91 Å². The summed E-state index contributed by atoms with van der Waals surface area (Å²) in [6, 6.07) is 9.54. The fourth-order valence-electron chi connectivity index (χ4n) is 1.81. The van der Waals surface area contributed by atoms with Gasteiger partial charge in [-0.3, -0.25) is 4.79 Å². The minimum absolute atomic E-state index is 0.0434. The van der Waals surface area contributed by atoms with Crippen LogP contribution in [0.4, 0.5) is 8.78 Å². The Morgan fingerprint density at radius 3 is 2.40 bits per heavy atom. The molecule has 104 valence electrons. The molecule has 1 amide bonds. The molecule has 0 unspecified atom stereocenters. The maximum absolute atomic E-state index is 13.7. The van der Waals surface area contributed by atoms with Crippen LogP contribution in [-0.4, -0.2) is 17.9 Å². The molecule has 0 aliphatic rings. The van der Waals surface area contributed by atoms with Crippen molar-refractivity contribution in [1.82, 2.24) is 4.90 Å². The average Bonchev–Trinajstić information content (AvgIpc) is 2.43. The van der Waals surface area contributed by atoms with E-state index in [0.29, 0.717) is 5.56 Å². The molecule has 2 nitrogen and oxygen atoms in total. The van der Waals surface area contributed by atoms with Crippen molar-refractivity contribution in [3.8, 4) is 0 Å². The van der Waals surface area contributed by atoms with Crippen LogP contribution in [0.1, 0.15) is 15.9 Å². The molecule has 0 radical (unpaired) electrons. The molecule has 0 aromatic heterocycles. The lowest BCUT2D eigenvalue weighted by molar-refractivity contribution is 0.0784. The van der Waals surface area contributed by atoms with Gasteiger partial charge in [-0.15, -0.1) is 0 Å². The maximum Gasteiger partial charge on any atom is 0.253 e. The zero-order chi connectivity index (χ0) is 14.7. The number of carbonyl (C=O) groups excluding carboxylic acids is 1. The normalized spacial score (nSPS) is 10.4. The van der Waals surface area contributed by atoms with Crippen LogP contribution >= 0.6 is 11.6 Å². The third-order valence-corrected chi connectivity index (χ3v) is 3.25. The summed E-state index contributed by atoms with van der Waals surface area (Å²) in [5.74, 6) is -1.21. The largest absolute Gasteiger partial charge is 0.337 e. The van der Waals surface area contributed by atoms with Crippen LogP contribution < -0.4 is 0 Å². The minimum Gasteiger partial charge on any atom is -0.337 e. The molecule has 0 aliphatic heterocycles. The topological polar surface area (TPSA) is 20.3 Å². The fraction of sp³-hybridized carbons (Fsp3) is 0.133. The van der Waals surface area contributed by atoms with Crippen LogP contribution in [0.3, 0.4) is 0 Å². The third kappa shape index (κ3) is 3.14. The highest BCUT2D eigenvalue weighted by Crippen LogP contribution is 2.21. The maximum atomic E-state index is 13.7. The van der Waals surface area contributed by atoms with E-state index in [-0.39, 0.29) is 23.0 Å². The first-order chi connectivity index (χ1) is 9.49. The number of rotatable bonds is 3. The molecule has 0 fully saturated rings. The second kappa shape index (κ2) is 6.01. The molecule has 2 aromatic carbocycles. The monoisotopic (exact) mass is 295 g/mol. The quantitative estimate of drug-likeness (QED) is 0.841. The molecule has 2 aromatic rings. The first kappa shape index (κ1) is 14.5. The van der Waals surface area contributed by atoms with Crippen LogP contribution in [0.5, 0.6) is 0 Å². The summed E-state index contributed by atoms with van der Waals surface area (Å²) in [7, 11) is 1.54. The van der Waals surface area contributed by atoms with E-state index in [0.717, 1.165) is 0 Å². The second-order valence-corrected chi connectivity index (χ2v) is 4.78. The number of hydrogen-bond donors (Lipinski definition) is 0. The van der Waals surface area contributed by atoms with Crippen molar-refractivity contribution in [3.05, 3.63) is 70.2 Å². The van der Waals surface area contributed by atoms with Gasteiger partial charge in [-0.2, -0.15) is 0 Å². The second-order valence-electron chi connectivity index (χ2n) is 4.37. The predicted octanol–water partition coefficient (Wildman–Crippen LogP) is 3.89. The summed E-state index contributed by atoms with van der Waals surface area (Å²) < 4.78 is 26.5. The molecule has 0 N–H and O–H groups in total. The highest BCUT2D eigenvalue weighted by atomic mass is 35.5. The van der Waals surface area contributed by atoms with Gasteiger partial charge in [-0.1, -0.05) is 17.7 Å². The molecule has 0 heterocycles. The van der Waals surface area contributed by atoms with E-state index in [4.69, 9.17) is 11.6 Å². The van der Waals surface area contributed by atoms with Gasteiger partial charge >= 0.3 is 0 Å². The Bertz CT molecular complexity index is 608. The Labute approximate surface area is 120 Å². The van der Waals surface area contributed by atoms with Gasteiger partial charge in [0, 0.05) is 29.7 Å². The number of halogens is 3. The van der Waals surface area contributed by atoms with Gasteiger partial charge in [-0.25, -0.2) is 8.78 Å². The van der Waals surface area contributed by atoms with Crippen LogP contribution in [0.25, 0.3) is 0 Å². The molecule has 0 saturated heterocycles. The number of nitrogens with zero attached hydrogens (tertiary/aromatic N) is 1. The summed E-state index contributed by atoms with van der Waals surface area (Å²) in [5.41, 5.74) is 0.591. The lowest BCUT2D eigenvalue weighted by atomic mass is 10.1. The van der Waals surface area contributed by atoms with E-state index in [1.165, 1.54) is 48.3 Å². The van der Waals surface area contributed by atoms with Gasteiger partial charge in [0.2, 0.25) is 0 Å². The van der Waals surface area contributed by atoms with Gasteiger partial charge in [0.15, 0.2) is 0 Å². The standard InChI is InChI=1S/C15H12ClF2NO/c1-19(9-12-13(16)3-2-4-14(12)18)15(20)10-5-7-11(17)8-6-10/h2-8H,9H2,1H3. The van der Waals surface area contributed by atoms with E-state index in [9.17, 15) is 13.6 Å². The smallest absolute Gasteiger partial charge is 0.253 e. The summed E-state index contributed by atoms with van der Waals surface area (Å²) in [6.07, 6.45) is 0. The van der Waals surface area contributed by atoms with E-state index >= 15 is 0 Å². The van der Waals surface area contributed by atoms with Gasteiger partial charge in [0.05, 0.1) is 0 Å². The van der Waals surface area contributed by atoms with Crippen LogP contribution in [0.2, 0.25) is 5.02 Å². The first-order valence-corrected chi connectivity index (χ1v) is 6.31. The Balaban J connectivity index is 2.17. The molecule has 0 atom stereocenters. The van der Waals surface area contributed by atoms with E-state index in [2.05, 4.69) is 0 Å². The Morgan fingerprint density at radius 1 is 1.15 bits per heavy atom. The molecule has 0 bridgehead atoms. The van der Waals surface area contributed by atoms with Crippen molar-refractivity contribution in [2.75, 3.05) is 7.05 Å². The summed E-state index contributed by atoms with van der Waals surface area (Å²) in [4.78, 5) is 13.5. The van der Waals surface area contributed by atoms with Gasteiger partial charge in [0.1, 0.15) is 11.6 Å². The molecule has 20 heavy (non-hydrogen) atoms. The summed E-state index contributed by atoms with van der Waals surface area (Å²) >= 11 is 5.92. The van der Waals surface area contributed by atoms with E-state index in [1.54, 1.807) is 6.07 Å². The van der Waals surface area contributed by atoms with E-state index < -0.39 is 11.6 Å². The number of benzene rings is 2. The van der Waals surface area contributed by atoms with E-state index in [1.807, 2.05) is 0 Å². The molecule has 0 spiro atoms. The van der Waals surface area contributed by atoms with Gasteiger partial charge in [-0.05, 0) is 36.4 Å². The SMILES string of the molecule is CN(Cc1c(F)cccc1Cl)C(=O)c1ccc(F)cc1. The molecular formula is C15H12ClF2NO. The predicted molar refractivity (Wildman–Crippen MR) is 73.6 cm³/mol. The minimum atomic E-state index is -0.462. The Kier molecular flexibility index (Phi) is 4.35. The Morgan fingerprint density at radius 2 is 1.80 bits per heavy atom. The van der Waals surface area contributed by atoms with Crippen molar-refractivity contribution in [1.29, 1.82) is 0 Å². The average molecular weight is 296 g/mol. The molecule has 5 heteroatoms. The third-order valence-electron chi connectivity index (χ3n) is 2.89. The highest BCUT2D eigenvalue weighted by Gasteiger charge is 2.15. The van der Waals surface area contributed by atoms with Crippen molar-refractivity contribution in [2.24, 2.45) is 0 Å². The van der Waals surface area contributed by atoms with Crippen molar-refractivity contribution < 1.29 is 13.6 Å². The fourth-order valence-corrected chi connectivity index (χ4v) is 2.03. The summed E-state index contributed by atoms with van der Waals surface area (Å²) in [6.45, 7) is 0.0434. The van der Waals surface area contributed by atoms with Crippen molar-refractivity contribution in [3.63, 3.8) is 0 Å². The number of carbonyl (C=O) groups is 1. The molecule has 2 rings (SSSR count). The number of amides is 1.